The molecule has 1 aromatic heterocycles. The van der Waals surface area contributed by atoms with Crippen molar-refractivity contribution in [2.24, 2.45) is 5.92 Å². The van der Waals surface area contributed by atoms with Crippen LogP contribution in [0.3, 0.4) is 0 Å². The molecule has 4 rings (SSSR count). The number of fused-ring (bicyclic) bond motifs is 1. The Labute approximate surface area is 173 Å². The number of anilines is 1. The summed E-state index contributed by atoms with van der Waals surface area (Å²) in [4.78, 5) is 24.3. The lowest BCUT2D eigenvalue weighted by atomic mass is 9.98. The van der Waals surface area contributed by atoms with Crippen LogP contribution in [0, 0.1) is 5.92 Å². The summed E-state index contributed by atoms with van der Waals surface area (Å²) in [6.07, 6.45) is 1.12. The van der Waals surface area contributed by atoms with E-state index in [4.69, 9.17) is 0 Å². The molecular formula is C20H20N4O5S. The Hall–Kier alpha value is -3.11. The molecule has 2 aromatic carbocycles. The third-order valence-corrected chi connectivity index (χ3v) is 7.06. The number of sulfonamides is 1. The van der Waals surface area contributed by atoms with E-state index in [2.05, 4.69) is 20.3 Å². The van der Waals surface area contributed by atoms with Crippen LogP contribution in [-0.2, 0) is 14.8 Å². The van der Waals surface area contributed by atoms with Crippen molar-refractivity contribution >= 4 is 38.4 Å². The smallest absolute Gasteiger partial charge is 0.245 e. The van der Waals surface area contributed by atoms with E-state index in [9.17, 15) is 18.0 Å². The van der Waals surface area contributed by atoms with Gasteiger partial charge in [0.25, 0.3) is 0 Å². The number of ketones is 1. The van der Waals surface area contributed by atoms with E-state index in [1.165, 1.54) is 17.3 Å². The van der Waals surface area contributed by atoms with Crippen LogP contribution in [-0.4, -0.2) is 47.8 Å². The van der Waals surface area contributed by atoms with E-state index in [0.29, 0.717) is 36.2 Å². The van der Waals surface area contributed by atoms with Crippen LogP contribution in [0.2, 0.25) is 0 Å². The van der Waals surface area contributed by atoms with E-state index >= 15 is 0 Å². The van der Waals surface area contributed by atoms with Crippen molar-refractivity contribution in [3.05, 3.63) is 48.0 Å². The van der Waals surface area contributed by atoms with Crippen molar-refractivity contribution in [1.29, 1.82) is 0 Å². The van der Waals surface area contributed by atoms with Crippen molar-refractivity contribution < 1.29 is 22.6 Å². The molecule has 0 bridgehead atoms. The lowest BCUT2D eigenvalue weighted by Gasteiger charge is -2.31. The van der Waals surface area contributed by atoms with Crippen molar-refractivity contribution in [3.8, 4) is 0 Å². The minimum atomic E-state index is -3.87. The first-order valence-corrected chi connectivity index (χ1v) is 10.9. The SMILES string of the molecule is CC(=O)c1cccc(NC(=O)[C@H]2CCCN(S(=O)(=O)c3cccc4nonc34)C2)c1. The second kappa shape index (κ2) is 7.96. The van der Waals surface area contributed by atoms with Crippen LogP contribution in [0.25, 0.3) is 11.0 Å². The topological polar surface area (TPSA) is 122 Å². The molecule has 1 N–H and O–H groups in total. The predicted octanol–water partition coefficient (Wildman–Crippen LogP) is 2.46. The Bertz CT molecular complexity index is 1220. The standard InChI is InChI=1S/C20H20N4O5S/c1-13(25)14-5-2-7-16(11-14)21-20(26)15-6-4-10-24(12-15)30(27,28)18-9-3-8-17-19(18)23-29-22-17/h2-3,5,7-9,11,15H,4,6,10,12H2,1H3,(H,21,26)/t15-/m0/s1. The molecule has 0 spiro atoms. The number of rotatable bonds is 5. The lowest BCUT2D eigenvalue weighted by molar-refractivity contribution is -0.120. The molecule has 3 aromatic rings. The number of piperidine rings is 1. The fraction of sp³-hybridized carbons (Fsp3) is 0.300. The van der Waals surface area contributed by atoms with Crippen molar-refractivity contribution in [1.82, 2.24) is 14.6 Å². The van der Waals surface area contributed by atoms with Gasteiger partial charge in [0, 0.05) is 24.3 Å². The van der Waals surface area contributed by atoms with Gasteiger partial charge in [0.1, 0.15) is 10.4 Å². The number of amides is 1. The maximum Gasteiger partial charge on any atom is 0.245 e. The molecule has 0 saturated carbocycles. The number of carbonyl (C=O) groups excluding carboxylic acids is 2. The Morgan fingerprint density at radius 2 is 1.97 bits per heavy atom. The van der Waals surface area contributed by atoms with Crippen LogP contribution in [0.4, 0.5) is 5.69 Å². The second-order valence-electron chi connectivity index (χ2n) is 7.22. The molecule has 156 valence electrons. The Morgan fingerprint density at radius 3 is 2.77 bits per heavy atom. The summed E-state index contributed by atoms with van der Waals surface area (Å²) in [5.74, 6) is -0.890. The summed E-state index contributed by atoms with van der Waals surface area (Å²) in [7, 11) is -3.87. The van der Waals surface area contributed by atoms with Gasteiger partial charge in [-0.2, -0.15) is 4.31 Å². The average Bonchev–Trinajstić information content (AvgIpc) is 3.23. The molecule has 10 heteroatoms. The molecule has 1 aliphatic rings. The van der Waals surface area contributed by atoms with Crippen LogP contribution >= 0.6 is 0 Å². The predicted molar refractivity (Wildman–Crippen MR) is 108 cm³/mol. The monoisotopic (exact) mass is 428 g/mol. The highest BCUT2D eigenvalue weighted by Crippen LogP contribution is 2.28. The molecule has 1 aliphatic heterocycles. The molecule has 1 saturated heterocycles. The Balaban J connectivity index is 1.53. The number of hydrogen-bond acceptors (Lipinski definition) is 7. The molecule has 30 heavy (non-hydrogen) atoms. The Kier molecular flexibility index (Phi) is 5.35. The van der Waals surface area contributed by atoms with Gasteiger partial charge >= 0.3 is 0 Å². The Morgan fingerprint density at radius 1 is 1.17 bits per heavy atom. The van der Waals surface area contributed by atoms with Gasteiger partial charge in [0.2, 0.25) is 15.9 Å². The summed E-state index contributed by atoms with van der Waals surface area (Å²) >= 11 is 0. The number of nitrogens with one attached hydrogen (secondary N) is 1. The quantitative estimate of drug-likeness (QED) is 0.619. The highest BCUT2D eigenvalue weighted by Gasteiger charge is 2.35. The number of benzene rings is 2. The van der Waals surface area contributed by atoms with Crippen molar-refractivity contribution in [3.63, 3.8) is 0 Å². The number of Topliss-reactive ketones (excluding diaryl/α,β-unsaturated/α-hetero) is 1. The molecule has 1 amide bonds. The summed E-state index contributed by atoms with van der Waals surface area (Å²) in [5, 5.41) is 10.2. The van der Waals surface area contributed by atoms with Crippen molar-refractivity contribution in [2.45, 2.75) is 24.7 Å². The maximum atomic E-state index is 13.2. The van der Waals surface area contributed by atoms with E-state index in [0.717, 1.165) is 0 Å². The third-order valence-electron chi connectivity index (χ3n) is 5.16. The fourth-order valence-corrected chi connectivity index (χ4v) is 5.22. The van der Waals surface area contributed by atoms with Gasteiger partial charge in [-0.1, -0.05) is 18.2 Å². The molecule has 0 unspecified atom stereocenters. The van der Waals surface area contributed by atoms with Crippen LogP contribution < -0.4 is 5.32 Å². The van der Waals surface area contributed by atoms with E-state index in [1.54, 1.807) is 36.4 Å². The van der Waals surface area contributed by atoms with Crippen LogP contribution in [0.15, 0.2) is 52.0 Å². The average molecular weight is 428 g/mol. The van der Waals surface area contributed by atoms with E-state index < -0.39 is 15.9 Å². The number of hydrogen-bond donors (Lipinski definition) is 1. The maximum absolute atomic E-state index is 13.2. The first-order chi connectivity index (χ1) is 14.4. The summed E-state index contributed by atoms with van der Waals surface area (Å²) < 4.78 is 32.4. The van der Waals surface area contributed by atoms with Gasteiger partial charge in [-0.05, 0) is 54.3 Å². The van der Waals surface area contributed by atoms with Crippen molar-refractivity contribution in [2.75, 3.05) is 18.4 Å². The lowest BCUT2D eigenvalue weighted by Crippen LogP contribution is -2.43. The summed E-state index contributed by atoms with van der Waals surface area (Å²) in [5.41, 5.74) is 1.53. The fourth-order valence-electron chi connectivity index (χ4n) is 3.56. The van der Waals surface area contributed by atoms with Crippen LogP contribution in [0.5, 0.6) is 0 Å². The number of aromatic nitrogens is 2. The zero-order chi connectivity index (χ0) is 21.3. The zero-order valence-corrected chi connectivity index (χ0v) is 17.1. The molecule has 1 atom stereocenters. The van der Waals surface area contributed by atoms with Gasteiger partial charge in [0.05, 0.1) is 5.92 Å². The minimum Gasteiger partial charge on any atom is -0.326 e. The molecule has 0 aliphatic carbocycles. The molecule has 2 heterocycles. The first kappa shape index (κ1) is 20.2. The molecule has 9 nitrogen and oxygen atoms in total. The molecule has 0 radical (unpaired) electrons. The van der Waals surface area contributed by atoms with Gasteiger partial charge in [-0.15, -0.1) is 0 Å². The second-order valence-corrected chi connectivity index (χ2v) is 9.12. The normalized spacial score (nSPS) is 17.7. The third kappa shape index (κ3) is 3.83. The first-order valence-electron chi connectivity index (χ1n) is 9.49. The summed E-state index contributed by atoms with van der Waals surface area (Å²) in [6, 6.07) is 11.3. The summed E-state index contributed by atoms with van der Waals surface area (Å²) in [6.45, 7) is 1.82. The van der Waals surface area contributed by atoms with Crippen LogP contribution in [0.1, 0.15) is 30.1 Å². The van der Waals surface area contributed by atoms with Gasteiger partial charge in [-0.3, -0.25) is 9.59 Å². The highest BCUT2D eigenvalue weighted by molar-refractivity contribution is 7.89. The van der Waals surface area contributed by atoms with E-state index in [1.807, 2.05) is 0 Å². The van der Waals surface area contributed by atoms with Gasteiger partial charge < -0.3 is 5.32 Å². The van der Waals surface area contributed by atoms with Gasteiger partial charge in [-0.25, -0.2) is 13.0 Å². The van der Waals surface area contributed by atoms with Gasteiger partial charge in [0.15, 0.2) is 11.3 Å². The largest absolute Gasteiger partial charge is 0.326 e. The molecule has 1 fully saturated rings. The number of carbonyl (C=O) groups is 2. The van der Waals surface area contributed by atoms with E-state index in [-0.39, 0.29) is 28.6 Å². The zero-order valence-electron chi connectivity index (χ0n) is 16.2. The highest BCUT2D eigenvalue weighted by atomic mass is 32.2. The minimum absolute atomic E-state index is 0.0106. The number of nitrogens with zero attached hydrogens (tertiary/aromatic N) is 3. The molecular weight excluding hydrogens is 408 g/mol.